The van der Waals surface area contributed by atoms with Crippen molar-refractivity contribution in [2.75, 3.05) is 19.6 Å². The van der Waals surface area contributed by atoms with Crippen LogP contribution in [-0.2, 0) is 0 Å². The number of amides is 1. The fourth-order valence-electron chi connectivity index (χ4n) is 4.59. The van der Waals surface area contributed by atoms with Gasteiger partial charge in [0.2, 0.25) is 0 Å². The molecule has 0 unspecified atom stereocenters. The maximum Gasteiger partial charge on any atom is 0.413 e. The van der Waals surface area contributed by atoms with Crippen molar-refractivity contribution in [1.82, 2.24) is 10.2 Å². The van der Waals surface area contributed by atoms with Crippen LogP contribution in [0.4, 0.5) is 18.0 Å². The van der Waals surface area contributed by atoms with Gasteiger partial charge < -0.3 is 19.7 Å². The molecule has 1 amide bonds. The number of likely N-dealkylation sites (tertiary alicyclic amines) is 1. The van der Waals surface area contributed by atoms with E-state index in [4.69, 9.17) is 9.47 Å². The van der Waals surface area contributed by atoms with Crippen LogP contribution in [0.3, 0.4) is 0 Å². The highest BCUT2D eigenvalue weighted by atomic mass is 32.1. The topological polar surface area (TPSA) is 50.8 Å². The second-order valence-corrected chi connectivity index (χ2v) is 9.74. The molecule has 2 aliphatic rings. The van der Waals surface area contributed by atoms with E-state index in [0.29, 0.717) is 17.0 Å². The number of benzene rings is 1. The van der Waals surface area contributed by atoms with Crippen LogP contribution >= 0.6 is 11.3 Å². The maximum absolute atomic E-state index is 13.8. The lowest BCUT2D eigenvalue weighted by Gasteiger charge is -2.34. The average Bonchev–Trinajstić information content (AvgIpc) is 3.31. The zero-order valence-electron chi connectivity index (χ0n) is 18.4. The molecular weight excluding hydrogens is 453 g/mol. The van der Waals surface area contributed by atoms with Crippen molar-refractivity contribution in [3.63, 3.8) is 0 Å². The van der Waals surface area contributed by atoms with E-state index in [9.17, 15) is 18.0 Å². The molecule has 180 valence electrons. The van der Waals surface area contributed by atoms with Crippen molar-refractivity contribution >= 4 is 17.4 Å². The molecule has 2 fully saturated rings. The Morgan fingerprint density at radius 2 is 1.76 bits per heavy atom. The minimum atomic E-state index is -1.21. The summed E-state index contributed by atoms with van der Waals surface area (Å²) < 4.78 is 51.1. The molecule has 0 bridgehead atoms. The van der Waals surface area contributed by atoms with Gasteiger partial charge in [-0.25, -0.2) is 18.0 Å². The first-order valence-corrected chi connectivity index (χ1v) is 12.4. The van der Waals surface area contributed by atoms with E-state index in [1.54, 1.807) is 6.07 Å². The molecular formula is C24H29F3N2O3S. The van der Waals surface area contributed by atoms with Gasteiger partial charge >= 0.3 is 6.09 Å². The zero-order valence-corrected chi connectivity index (χ0v) is 19.2. The minimum Gasteiger partial charge on any atom is -0.487 e. The van der Waals surface area contributed by atoms with E-state index >= 15 is 0 Å². The highest BCUT2D eigenvalue weighted by Crippen LogP contribution is 2.29. The van der Waals surface area contributed by atoms with Crippen LogP contribution in [0.15, 0.2) is 29.6 Å². The molecule has 0 spiro atoms. The van der Waals surface area contributed by atoms with Gasteiger partial charge in [-0.05, 0) is 74.9 Å². The molecule has 2 heterocycles. The number of piperidine rings is 1. The first-order valence-electron chi connectivity index (χ1n) is 11.5. The normalized spacial score (nSPS) is 22.2. The van der Waals surface area contributed by atoms with Gasteiger partial charge in [-0.1, -0.05) is 0 Å². The number of carbonyl (C=O) groups is 1. The van der Waals surface area contributed by atoms with Gasteiger partial charge in [0.1, 0.15) is 6.10 Å². The summed E-state index contributed by atoms with van der Waals surface area (Å²) >= 11 is 1.39. The van der Waals surface area contributed by atoms with E-state index < -0.39 is 17.5 Å². The standard InChI is InChI=1S/C24H29F3N2O3S/c25-19-14-21(27)22(15-20(19)26)31-18-8-11-29(12-9-18)10-7-16-3-5-17(6-4-16)28-24(30)32-23-2-1-13-33-23/h1-2,13-18H,3-12H2,(H,28,30)/t16-,17-. The summed E-state index contributed by atoms with van der Waals surface area (Å²) in [6, 6.07) is 5.09. The number of nitrogens with one attached hydrogen (secondary N) is 1. The van der Waals surface area contributed by atoms with Gasteiger partial charge in [-0.3, -0.25) is 0 Å². The number of nitrogens with zero attached hydrogens (tertiary/aromatic N) is 1. The van der Waals surface area contributed by atoms with Gasteiger partial charge in [0.25, 0.3) is 0 Å². The Kier molecular flexibility index (Phi) is 8.14. The molecule has 1 aliphatic carbocycles. The molecule has 1 saturated carbocycles. The third-order valence-corrected chi connectivity index (χ3v) is 7.26. The van der Waals surface area contributed by atoms with E-state index in [-0.39, 0.29) is 24.0 Å². The lowest BCUT2D eigenvalue weighted by Crippen LogP contribution is -2.41. The van der Waals surface area contributed by atoms with Crippen LogP contribution < -0.4 is 14.8 Å². The zero-order chi connectivity index (χ0) is 23.2. The van der Waals surface area contributed by atoms with Crippen LogP contribution in [0.1, 0.15) is 44.9 Å². The molecule has 9 heteroatoms. The summed E-state index contributed by atoms with van der Waals surface area (Å²) in [6.45, 7) is 2.66. The number of halogens is 3. The van der Waals surface area contributed by atoms with Gasteiger partial charge in [-0.2, -0.15) is 0 Å². The fourth-order valence-corrected chi connectivity index (χ4v) is 5.17. The van der Waals surface area contributed by atoms with E-state index in [1.165, 1.54) is 11.3 Å². The van der Waals surface area contributed by atoms with Crippen LogP contribution in [0.5, 0.6) is 10.8 Å². The third-order valence-electron chi connectivity index (χ3n) is 6.51. The smallest absolute Gasteiger partial charge is 0.413 e. The van der Waals surface area contributed by atoms with E-state index in [2.05, 4.69) is 10.2 Å². The Hall–Kier alpha value is -2.26. The average molecular weight is 483 g/mol. The van der Waals surface area contributed by atoms with Crippen LogP contribution in [0, 0.1) is 23.4 Å². The van der Waals surface area contributed by atoms with E-state index in [0.717, 1.165) is 70.6 Å². The monoisotopic (exact) mass is 482 g/mol. The lowest BCUT2D eigenvalue weighted by atomic mass is 9.84. The first kappa shape index (κ1) is 23.9. The number of hydrogen-bond donors (Lipinski definition) is 1. The van der Waals surface area contributed by atoms with Crippen molar-refractivity contribution < 1.29 is 27.4 Å². The summed E-state index contributed by atoms with van der Waals surface area (Å²) in [7, 11) is 0. The van der Waals surface area contributed by atoms with Gasteiger partial charge in [0.05, 0.1) is 0 Å². The summed E-state index contributed by atoms with van der Waals surface area (Å²) in [6.07, 6.45) is 6.06. The van der Waals surface area contributed by atoms with Crippen molar-refractivity contribution in [1.29, 1.82) is 0 Å². The molecule has 1 N–H and O–H groups in total. The second-order valence-electron chi connectivity index (χ2n) is 8.83. The summed E-state index contributed by atoms with van der Waals surface area (Å²) in [5.74, 6) is -2.77. The van der Waals surface area contributed by atoms with Crippen molar-refractivity contribution in [3.05, 3.63) is 47.1 Å². The Balaban J connectivity index is 1.11. The Morgan fingerprint density at radius 3 is 2.45 bits per heavy atom. The molecule has 1 aliphatic heterocycles. The van der Waals surface area contributed by atoms with Crippen molar-refractivity contribution in [3.8, 4) is 10.8 Å². The number of hydrogen-bond acceptors (Lipinski definition) is 5. The molecule has 4 rings (SSSR count). The third kappa shape index (κ3) is 6.86. The molecule has 0 radical (unpaired) electrons. The van der Waals surface area contributed by atoms with E-state index in [1.807, 2.05) is 11.4 Å². The Bertz CT molecular complexity index is 912. The molecule has 33 heavy (non-hydrogen) atoms. The summed E-state index contributed by atoms with van der Waals surface area (Å²) in [5, 5.41) is 5.44. The van der Waals surface area contributed by atoms with Crippen LogP contribution in [0.2, 0.25) is 0 Å². The van der Waals surface area contributed by atoms with Crippen molar-refractivity contribution in [2.24, 2.45) is 5.92 Å². The molecule has 2 aromatic rings. The maximum atomic E-state index is 13.8. The van der Waals surface area contributed by atoms with Crippen LogP contribution in [-0.4, -0.2) is 42.8 Å². The van der Waals surface area contributed by atoms with Crippen molar-refractivity contribution in [2.45, 2.75) is 57.1 Å². The second kappa shape index (κ2) is 11.2. The fraction of sp³-hybridized carbons (Fsp3) is 0.542. The molecule has 5 nitrogen and oxygen atoms in total. The SMILES string of the molecule is O=C(N[C@H]1CC[C@H](CCN2CCC(Oc3cc(F)c(F)cc3F)CC2)CC1)Oc1cccs1. The molecule has 0 atom stereocenters. The first-order chi connectivity index (χ1) is 16.0. The molecule has 1 saturated heterocycles. The number of rotatable bonds is 7. The van der Waals surface area contributed by atoms with Gasteiger partial charge in [0.15, 0.2) is 28.3 Å². The number of thiophene rings is 1. The molecule has 1 aromatic carbocycles. The van der Waals surface area contributed by atoms with Gasteiger partial charge in [-0.15, -0.1) is 11.3 Å². The van der Waals surface area contributed by atoms with Gasteiger partial charge in [0, 0.05) is 31.3 Å². The highest BCUT2D eigenvalue weighted by molar-refractivity contribution is 7.11. The van der Waals surface area contributed by atoms with Crippen LogP contribution in [0.25, 0.3) is 0 Å². The largest absolute Gasteiger partial charge is 0.487 e. The number of ether oxygens (including phenoxy) is 2. The Labute approximate surface area is 195 Å². The predicted octanol–water partition coefficient (Wildman–Crippen LogP) is 5.75. The lowest BCUT2D eigenvalue weighted by molar-refractivity contribution is 0.0914. The number of carbonyl (C=O) groups excluding carboxylic acids is 1. The summed E-state index contributed by atoms with van der Waals surface area (Å²) in [5.41, 5.74) is 0. The summed E-state index contributed by atoms with van der Waals surface area (Å²) in [4.78, 5) is 14.4. The quantitative estimate of drug-likeness (QED) is 0.511. The predicted molar refractivity (Wildman–Crippen MR) is 120 cm³/mol. The molecule has 1 aromatic heterocycles. The minimum absolute atomic E-state index is 0.165. The highest BCUT2D eigenvalue weighted by Gasteiger charge is 2.26. The Morgan fingerprint density at radius 1 is 1.03 bits per heavy atom.